The molecule has 4 rings (SSSR count). The molecule has 1 amide bonds. The Morgan fingerprint density at radius 1 is 1.26 bits per heavy atom. The molecule has 27 heavy (non-hydrogen) atoms. The number of hydrogen-bond donors (Lipinski definition) is 0. The Hall–Kier alpha value is -2.96. The van der Waals surface area contributed by atoms with Gasteiger partial charge < -0.3 is 9.47 Å². The summed E-state index contributed by atoms with van der Waals surface area (Å²) in [5, 5.41) is 5.79. The molecule has 1 aliphatic rings. The van der Waals surface area contributed by atoms with Gasteiger partial charge in [-0.15, -0.1) is 0 Å². The van der Waals surface area contributed by atoms with Crippen LogP contribution in [-0.2, 0) is 18.4 Å². The number of rotatable bonds is 3. The van der Waals surface area contributed by atoms with E-state index in [1.165, 1.54) is 4.68 Å². The predicted molar refractivity (Wildman–Crippen MR) is 103 cm³/mol. The standard InChI is InChI=1S/C20H23N5O2/c1-14-16-7-3-4-8-17(16)20(27)25(22-14)13-18(26)24-10-5-6-15(12-24)19-21-9-11-23(19)2/h3-4,7-9,11,15H,5-6,10,12-13H2,1-2H3/t15-/m1/s1. The van der Waals surface area contributed by atoms with Crippen LogP contribution in [0.1, 0.15) is 30.3 Å². The first-order valence-electron chi connectivity index (χ1n) is 9.26. The van der Waals surface area contributed by atoms with Gasteiger partial charge in [0, 0.05) is 43.8 Å². The van der Waals surface area contributed by atoms with E-state index in [2.05, 4.69) is 10.1 Å². The molecule has 0 aliphatic carbocycles. The van der Waals surface area contributed by atoms with Gasteiger partial charge in [-0.05, 0) is 25.8 Å². The van der Waals surface area contributed by atoms with Gasteiger partial charge in [0.2, 0.25) is 5.91 Å². The van der Waals surface area contributed by atoms with Crippen molar-refractivity contribution >= 4 is 16.7 Å². The summed E-state index contributed by atoms with van der Waals surface area (Å²) in [6.45, 7) is 3.17. The van der Waals surface area contributed by atoms with Crippen molar-refractivity contribution in [3.05, 3.63) is 58.5 Å². The van der Waals surface area contributed by atoms with E-state index < -0.39 is 0 Å². The summed E-state index contributed by atoms with van der Waals surface area (Å²) < 4.78 is 3.31. The number of piperidine rings is 1. The molecule has 0 bridgehead atoms. The lowest BCUT2D eigenvalue weighted by Crippen LogP contribution is -2.43. The van der Waals surface area contributed by atoms with Crippen molar-refractivity contribution in [2.24, 2.45) is 7.05 Å². The van der Waals surface area contributed by atoms with E-state index in [0.29, 0.717) is 18.5 Å². The topological polar surface area (TPSA) is 73.0 Å². The van der Waals surface area contributed by atoms with Gasteiger partial charge >= 0.3 is 0 Å². The second-order valence-electron chi connectivity index (χ2n) is 7.17. The molecule has 0 unspecified atom stereocenters. The molecule has 140 valence electrons. The number of nitrogens with zero attached hydrogens (tertiary/aromatic N) is 5. The lowest BCUT2D eigenvalue weighted by Gasteiger charge is -2.32. The van der Waals surface area contributed by atoms with E-state index in [-0.39, 0.29) is 23.9 Å². The van der Waals surface area contributed by atoms with E-state index >= 15 is 0 Å². The van der Waals surface area contributed by atoms with Gasteiger partial charge in [-0.3, -0.25) is 9.59 Å². The van der Waals surface area contributed by atoms with Gasteiger partial charge in [-0.1, -0.05) is 18.2 Å². The van der Waals surface area contributed by atoms with Crippen LogP contribution in [0.4, 0.5) is 0 Å². The summed E-state index contributed by atoms with van der Waals surface area (Å²) >= 11 is 0. The molecule has 0 saturated carbocycles. The van der Waals surface area contributed by atoms with Gasteiger partial charge in [0.1, 0.15) is 12.4 Å². The lowest BCUT2D eigenvalue weighted by molar-refractivity contribution is -0.133. The van der Waals surface area contributed by atoms with Crippen LogP contribution in [0.5, 0.6) is 0 Å². The number of amides is 1. The van der Waals surface area contributed by atoms with Gasteiger partial charge in [0.15, 0.2) is 0 Å². The predicted octanol–water partition coefficient (Wildman–Crippen LogP) is 1.84. The molecule has 3 aromatic rings. The Bertz CT molecular complexity index is 1050. The molecule has 1 aliphatic heterocycles. The number of carbonyl (C=O) groups excluding carboxylic acids is 1. The maximum atomic E-state index is 12.9. The van der Waals surface area contributed by atoms with Crippen LogP contribution in [0, 0.1) is 6.92 Å². The largest absolute Gasteiger partial charge is 0.340 e. The third kappa shape index (κ3) is 3.25. The first kappa shape index (κ1) is 17.5. The Morgan fingerprint density at radius 3 is 2.78 bits per heavy atom. The summed E-state index contributed by atoms with van der Waals surface area (Å²) in [6, 6.07) is 7.38. The van der Waals surface area contributed by atoms with Crippen LogP contribution in [-0.4, -0.2) is 43.2 Å². The summed E-state index contributed by atoms with van der Waals surface area (Å²) in [5.41, 5.74) is 0.532. The van der Waals surface area contributed by atoms with Crippen molar-refractivity contribution in [2.45, 2.75) is 32.2 Å². The Labute approximate surface area is 157 Å². The molecule has 1 fully saturated rings. The van der Waals surface area contributed by atoms with Crippen LogP contribution in [0.25, 0.3) is 10.8 Å². The van der Waals surface area contributed by atoms with Gasteiger partial charge in [0.25, 0.3) is 5.56 Å². The average molecular weight is 365 g/mol. The van der Waals surface area contributed by atoms with E-state index in [9.17, 15) is 9.59 Å². The molecule has 0 spiro atoms. The molecular formula is C20H23N5O2. The number of aryl methyl sites for hydroxylation is 2. The first-order valence-corrected chi connectivity index (χ1v) is 9.26. The monoisotopic (exact) mass is 365 g/mol. The molecular weight excluding hydrogens is 342 g/mol. The fraction of sp³-hybridized carbons (Fsp3) is 0.400. The Morgan fingerprint density at radius 2 is 2.04 bits per heavy atom. The Balaban J connectivity index is 1.56. The van der Waals surface area contributed by atoms with Crippen molar-refractivity contribution in [3.8, 4) is 0 Å². The van der Waals surface area contributed by atoms with Gasteiger partial charge in [-0.2, -0.15) is 5.10 Å². The second-order valence-corrected chi connectivity index (χ2v) is 7.17. The van der Waals surface area contributed by atoms with Gasteiger partial charge in [0.05, 0.1) is 11.1 Å². The average Bonchev–Trinajstić information content (AvgIpc) is 3.12. The minimum Gasteiger partial charge on any atom is -0.340 e. The molecule has 1 aromatic carbocycles. The number of aromatic nitrogens is 4. The fourth-order valence-corrected chi connectivity index (χ4v) is 3.92. The highest BCUT2D eigenvalue weighted by molar-refractivity contribution is 5.83. The molecule has 2 aromatic heterocycles. The number of hydrogen-bond acceptors (Lipinski definition) is 4. The second kappa shape index (κ2) is 6.98. The van der Waals surface area contributed by atoms with Crippen molar-refractivity contribution in [1.29, 1.82) is 0 Å². The number of likely N-dealkylation sites (tertiary alicyclic amines) is 1. The van der Waals surface area contributed by atoms with Gasteiger partial charge in [-0.25, -0.2) is 9.67 Å². The normalized spacial score (nSPS) is 17.4. The Kier molecular flexibility index (Phi) is 4.51. The molecule has 3 heterocycles. The SMILES string of the molecule is Cc1nn(CC(=O)N2CCC[C@@H](c3nccn3C)C2)c(=O)c2ccccc12. The minimum absolute atomic E-state index is 0.0300. The van der Waals surface area contributed by atoms with E-state index in [1.54, 1.807) is 12.3 Å². The summed E-state index contributed by atoms with van der Waals surface area (Å²) in [6.07, 6.45) is 5.67. The summed E-state index contributed by atoms with van der Waals surface area (Å²) in [4.78, 5) is 31.8. The maximum Gasteiger partial charge on any atom is 0.275 e. The van der Waals surface area contributed by atoms with Crippen LogP contribution in [0.2, 0.25) is 0 Å². The maximum absolute atomic E-state index is 12.9. The minimum atomic E-state index is -0.220. The zero-order valence-corrected chi connectivity index (χ0v) is 15.6. The van der Waals surface area contributed by atoms with Crippen molar-refractivity contribution in [1.82, 2.24) is 24.2 Å². The van der Waals surface area contributed by atoms with E-state index in [1.807, 2.05) is 47.8 Å². The molecule has 7 heteroatoms. The third-order valence-electron chi connectivity index (χ3n) is 5.34. The highest BCUT2D eigenvalue weighted by Crippen LogP contribution is 2.25. The van der Waals surface area contributed by atoms with E-state index in [0.717, 1.165) is 29.7 Å². The van der Waals surface area contributed by atoms with Crippen molar-refractivity contribution in [3.63, 3.8) is 0 Å². The molecule has 0 radical (unpaired) electrons. The molecule has 1 saturated heterocycles. The van der Waals surface area contributed by atoms with Crippen LogP contribution >= 0.6 is 0 Å². The van der Waals surface area contributed by atoms with Crippen LogP contribution in [0.15, 0.2) is 41.5 Å². The number of benzene rings is 1. The number of carbonyl (C=O) groups is 1. The first-order chi connectivity index (χ1) is 13.0. The van der Waals surface area contributed by atoms with Crippen molar-refractivity contribution < 1.29 is 4.79 Å². The lowest BCUT2D eigenvalue weighted by atomic mass is 9.97. The number of imidazole rings is 1. The molecule has 1 atom stereocenters. The number of fused-ring (bicyclic) bond motifs is 1. The van der Waals surface area contributed by atoms with Crippen LogP contribution < -0.4 is 5.56 Å². The van der Waals surface area contributed by atoms with Crippen molar-refractivity contribution in [2.75, 3.05) is 13.1 Å². The third-order valence-corrected chi connectivity index (χ3v) is 5.34. The van der Waals surface area contributed by atoms with Crippen LogP contribution in [0.3, 0.4) is 0 Å². The van der Waals surface area contributed by atoms with E-state index in [4.69, 9.17) is 0 Å². The quantitative estimate of drug-likeness (QED) is 0.710. The summed E-state index contributed by atoms with van der Waals surface area (Å²) in [5.74, 6) is 1.16. The molecule has 0 N–H and O–H groups in total. The highest BCUT2D eigenvalue weighted by Gasteiger charge is 2.27. The summed E-state index contributed by atoms with van der Waals surface area (Å²) in [7, 11) is 1.98. The highest BCUT2D eigenvalue weighted by atomic mass is 16.2. The smallest absolute Gasteiger partial charge is 0.275 e. The fourth-order valence-electron chi connectivity index (χ4n) is 3.92. The molecule has 7 nitrogen and oxygen atoms in total. The zero-order valence-electron chi connectivity index (χ0n) is 15.6. The zero-order chi connectivity index (χ0) is 19.0.